The van der Waals surface area contributed by atoms with Crippen LogP contribution in [0.3, 0.4) is 0 Å². The molecule has 0 atom stereocenters. The number of allylic oxidation sites excluding steroid dienone is 10. The van der Waals surface area contributed by atoms with Crippen LogP contribution in [0.4, 0.5) is 0 Å². The average Bonchev–Trinajstić information content (AvgIpc) is 2.22. The number of rotatable bonds is 0. The standard InChI is InChI=1S/C14H18/c1-2-4-6-8-10-12-14-13-11-9-7-5-3-1/h1-8,13-14H,9-12H2/b3-1-,4-2+,7-5+,8-6+,14-13?. The molecule has 0 saturated heterocycles. The van der Waals surface area contributed by atoms with Crippen LogP contribution in [0.2, 0.25) is 0 Å². The molecule has 14 heavy (non-hydrogen) atoms. The summed E-state index contributed by atoms with van der Waals surface area (Å²) in [6, 6.07) is 0. The molecule has 0 aromatic heterocycles. The van der Waals surface area contributed by atoms with Crippen molar-refractivity contribution in [2.45, 2.75) is 25.7 Å². The van der Waals surface area contributed by atoms with Gasteiger partial charge in [0, 0.05) is 0 Å². The van der Waals surface area contributed by atoms with Gasteiger partial charge in [0.2, 0.25) is 0 Å². The molecule has 0 heteroatoms. The van der Waals surface area contributed by atoms with Crippen LogP contribution in [0.25, 0.3) is 0 Å². The Labute approximate surface area is 87.0 Å². The Hall–Kier alpha value is -1.30. The van der Waals surface area contributed by atoms with Gasteiger partial charge in [0.05, 0.1) is 0 Å². The van der Waals surface area contributed by atoms with Gasteiger partial charge in [0.15, 0.2) is 0 Å². The zero-order valence-electron chi connectivity index (χ0n) is 8.60. The first-order valence-electron chi connectivity index (χ1n) is 5.30. The zero-order chi connectivity index (χ0) is 9.90. The fourth-order valence-electron chi connectivity index (χ4n) is 1.23. The first-order valence-corrected chi connectivity index (χ1v) is 5.30. The molecule has 0 aromatic carbocycles. The lowest BCUT2D eigenvalue weighted by Gasteiger charge is -1.88. The number of hydrogen-bond acceptors (Lipinski definition) is 0. The van der Waals surface area contributed by atoms with E-state index in [1.807, 2.05) is 0 Å². The molecule has 0 N–H and O–H groups in total. The van der Waals surface area contributed by atoms with Crippen molar-refractivity contribution in [3.8, 4) is 0 Å². The van der Waals surface area contributed by atoms with E-state index < -0.39 is 0 Å². The van der Waals surface area contributed by atoms with E-state index in [0.717, 1.165) is 25.7 Å². The van der Waals surface area contributed by atoms with Crippen LogP contribution in [0.5, 0.6) is 0 Å². The maximum Gasteiger partial charge on any atom is -0.0313 e. The Balaban J connectivity index is 2.46. The van der Waals surface area contributed by atoms with Crippen LogP contribution < -0.4 is 0 Å². The van der Waals surface area contributed by atoms with Crippen molar-refractivity contribution < 1.29 is 0 Å². The van der Waals surface area contributed by atoms with E-state index in [9.17, 15) is 0 Å². The normalized spacial score (nSPS) is 27.4. The molecule has 0 bridgehead atoms. The lowest BCUT2D eigenvalue weighted by Crippen LogP contribution is -1.68. The van der Waals surface area contributed by atoms with Gasteiger partial charge in [-0.25, -0.2) is 0 Å². The zero-order valence-corrected chi connectivity index (χ0v) is 8.60. The van der Waals surface area contributed by atoms with E-state index in [1.54, 1.807) is 0 Å². The highest BCUT2D eigenvalue weighted by Gasteiger charge is 1.78. The Morgan fingerprint density at radius 3 is 1.21 bits per heavy atom. The summed E-state index contributed by atoms with van der Waals surface area (Å²) < 4.78 is 0. The fourth-order valence-corrected chi connectivity index (χ4v) is 1.23. The summed E-state index contributed by atoms with van der Waals surface area (Å²) in [5.74, 6) is 0. The third-order valence-electron chi connectivity index (χ3n) is 1.99. The maximum absolute atomic E-state index is 2.27. The lowest BCUT2D eigenvalue weighted by atomic mass is 10.2. The Morgan fingerprint density at radius 1 is 0.357 bits per heavy atom. The molecule has 0 saturated carbocycles. The van der Waals surface area contributed by atoms with Gasteiger partial charge in [-0.05, 0) is 25.7 Å². The van der Waals surface area contributed by atoms with Gasteiger partial charge >= 0.3 is 0 Å². The van der Waals surface area contributed by atoms with Crippen molar-refractivity contribution in [3.63, 3.8) is 0 Å². The van der Waals surface area contributed by atoms with Crippen molar-refractivity contribution in [3.05, 3.63) is 60.8 Å². The molecule has 0 fully saturated rings. The fraction of sp³-hybridized carbons (Fsp3) is 0.286. The van der Waals surface area contributed by atoms with Crippen LogP contribution in [-0.2, 0) is 0 Å². The van der Waals surface area contributed by atoms with Gasteiger partial charge in [-0.1, -0.05) is 60.8 Å². The molecule has 1 aliphatic carbocycles. The summed E-state index contributed by atoms with van der Waals surface area (Å²) in [6.45, 7) is 0. The second-order valence-electron chi connectivity index (χ2n) is 3.25. The topological polar surface area (TPSA) is 0 Å². The highest BCUT2D eigenvalue weighted by molar-refractivity contribution is 5.15. The van der Waals surface area contributed by atoms with E-state index in [1.165, 1.54) is 0 Å². The Kier molecular flexibility index (Phi) is 6.39. The first-order chi connectivity index (χ1) is 7.00. The van der Waals surface area contributed by atoms with Crippen molar-refractivity contribution in [2.75, 3.05) is 0 Å². The van der Waals surface area contributed by atoms with Crippen molar-refractivity contribution in [1.82, 2.24) is 0 Å². The summed E-state index contributed by atoms with van der Waals surface area (Å²) in [5.41, 5.74) is 0. The van der Waals surface area contributed by atoms with E-state index >= 15 is 0 Å². The van der Waals surface area contributed by atoms with Crippen LogP contribution in [0.1, 0.15) is 25.7 Å². The predicted octanol–water partition coefficient (Wildman–Crippen LogP) is 4.34. The van der Waals surface area contributed by atoms with Crippen LogP contribution in [-0.4, -0.2) is 0 Å². The maximum atomic E-state index is 2.27. The highest BCUT2D eigenvalue weighted by atomic mass is 13.8. The van der Waals surface area contributed by atoms with Gasteiger partial charge in [-0.15, -0.1) is 0 Å². The van der Waals surface area contributed by atoms with Gasteiger partial charge < -0.3 is 0 Å². The van der Waals surface area contributed by atoms with Crippen LogP contribution in [0.15, 0.2) is 60.8 Å². The second kappa shape index (κ2) is 8.31. The van der Waals surface area contributed by atoms with Crippen molar-refractivity contribution >= 4 is 0 Å². The Bertz CT molecular complexity index is 234. The molecule has 0 aliphatic heterocycles. The minimum atomic E-state index is 1.14. The van der Waals surface area contributed by atoms with Crippen LogP contribution in [0, 0.1) is 0 Å². The Morgan fingerprint density at radius 2 is 0.714 bits per heavy atom. The number of hydrogen-bond donors (Lipinski definition) is 0. The molecular formula is C14H18. The first kappa shape index (κ1) is 10.8. The largest absolute Gasteiger partial charge is 0.0882 e. The molecule has 0 unspecified atom stereocenters. The molecule has 1 rings (SSSR count). The third kappa shape index (κ3) is 6.24. The monoisotopic (exact) mass is 186 g/mol. The quantitative estimate of drug-likeness (QED) is 0.494. The molecule has 0 radical (unpaired) electrons. The molecule has 0 heterocycles. The second-order valence-corrected chi connectivity index (χ2v) is 3.25. The molecule has 0 amide bonds. The summed E-state index contributed by atoms with van der Waals surface area (Å²) in [6.07, 6.45) is 26.0. The molecular weight excluding hydrogens is 168 g/mol. The van der Waals surface area contributed by atoms with E-state index in [-0.39, 0.29) is 0 Å². The van der Waals surface area contributed by atoms with Gasteiger partial charge in [-0.2, -0.15) is 0 Å². The van der Waals surface area contributed by atoms with E-state index in [2.05, 4.69) is 60.8 Å². The summed E-state index contributed by atoms with van der Waals surface area (Å²) in [5, 5.41) is 0. The average molecular weight is 186 g/mol. The van der Waals surface area contributed by atoms with Gasteiger partial charge in [0.25, 0.3) is 0 Å². The van der Waals surface area contributed by atoms with Gasteiger partial charge in [0.1, 0.15) is 0 Å². The minimum Gasteiger partial charge on any atom is -0.0882 e. The lowest BCUT2D eigenvalue weighted by molar-refractivity contribution is 1.00. The van der Waals surface area contributed by atoms with E-state index in [4.69, 9.17) is 0 Å². The molecule has 0 nitrogen and oxygen atoms in total. The van der Waals surface area contributed by atoms with Crippen LogP contribution >= 0.6 is 0 Å². The SMILES string of the molecule is C1=CCC/C=C/C=C/C=C\C=C\CC1. The molecule has 1 aliphatic rings. The summed E-state index contributed by atoms with van der Waals surface area (Å²) in [4.78, 5) is 0. The molecule has 0 aromatic rings. The summed E-state index contributed by atoms with van der Waals surface area (Å²) in [7, 11) is 0. The van der Waals surface area contributed by atoms with E-state index in [0.29, 0.717) is 0 Å². The van der Waals surface area contributed by atoms with Crippen molar-refractivity contribution in [1.29, 1.82) is 0 Å². The van der Waals surface area contributed by atoms with Crippen molar-refractivity contribution in [2.24, 2.45) is 0 Å². The highest BCUT2D eigenvalue weighted by Crippen LogP contribution is 1.98. The molecule has 0 spiro atoms. The molecule has 74 valence electrons. The third-order valence-corrected chi connectivity index (χ3v) is 1.99. The summed E-state index contributed by atoms with van der Waals surface area (Å²) >= 11 is 0. The smallest absolute Gasteiger partial charge is 0.0313 e. The minimum absolute atomic E-state index is 1.14. The van der Waals surface area contributed by atoms with Gasteiger partial charge in [-0.3, -0.25) is 0 Å². The predicted molar refractivity (Wildman–Crippen MR) is 64.2 cm³/mol.